The van der Waals surface area contributed by atoms with Crippen LogP contribution in [0.5, 0.6) is 0 Å². The molecule has 0 aliphatic carbocycles. The normalized spacial score (nSPS) is 15.8. The molecule has 3 rings (SSSR count). The Morgan fingerprint density at radius 1 is 1.30 bits per heavy atom. The monoisotopic (exact) mass is 314 g/mol. The fourth-order valence-corrected chi connectivity index (χ4v) is 3.07. The van der Waals surface area contributed by atoms with Crippen molar-refractivity contribution >= 4 is 22.8 Å². The summed E-state index contributed by atoms with van der Waals surface area (Å²) >= 11 is 0. The topological polar surface area (TPSA) is 67.2 Å². The molecule has 1 saturated heterocycles. The summed E-state index contributed by atoms with van der Waals surface area (Å²) in [4.78, 5) is 29.8. The lowest BCUT2D eigenvalue weighted by molar-refractivity contribution is -0.130. The van der Waals surface area contributed by atoms with Crippen molar-refractivity contribution in [2.75, 3.05) is 19.6 Å². The van der Waals surface area contributed by atoms with Gasteiger partial charge in [0.15, 0.2) is 0 Å². The molecule has 1 aliphatic rings. The van der Waals surface area contributed by atoms with Crippen LogP contribution in [0, 0.1) is 5.92 Å². The van der Waals surface area contributed by atoms with Crippen LogP contribution in [0.1, 0.15) is 30.1 Å². The number of hydrogen-bond donors (Lipinski definition) is 1. The van der Waals surface area contributed by atoms with E-state index in [1.165, 1.54) is 0 Å². The Hall–Kier alpha value is -2.37. The van der Waals surface area contributed by atoms with Crippen molar-refractivity contribution < 1.29 is 9.59 Å². The van der Waals surface area contributed by atoms with Gasteiger partial charge in [-0.2, -0.15) is 0 Å². The number of likely N-dealkylation sites (tertiary alicyclic amines) is 1. The van der Waals surface area contributed by atoms with Gasteiger partial charge < -0.3 is 14.8 Å². The molecule has 0 bridgehead atoms. The van der Waals surface area contributed by atoms with Gasteiger partial charge in [-0.05, 0) is 37.0 Å². The van der Waals surface area contributed by atoms with Gasteiger partial charge in [-0.3, -0.25) is 9.59 Å². The largest absolute Gasteiger partial charge is 0.352 e. The first-order valence-corrected chi connectivity index (χ1v) is 7.99. The van der Waals surface area contributed by atoms with E-state index in [2.05, 4.69) is 10.3 Å². The Balaban J connectivity index is 1.55. The van der Waals surface area contributed by atoms with Gasteiger partial charge in [-0.25, -0.2) is 4.98 Å². The molecule has 122 valence electrons. The zero-order valence-electron chi connectivity index (χ0n) is 13.6. The molecule has 0 atom stereocenters. The number of aryl methyl sites for hydroxylation is 1. The van der Waals surface area contributed by atoms with Crippen LogP contribution in [-0.4, -0.2) is 45.9 Å². The fraction of sp³-hybridized carbons (Fsp3) is 0.471. The van der Waals surface area contributed by atoms with Crippen LogP contribution in [0.3, 0.4) is 0 Å². The fourth-order valence-electron chi connectivity index (χ4n) is 3.07. The first-order valence-electron chi connectivity index (χ1n) is 7.99. The van der Waals surface area contributed by atoms with Crippen molar-refractivity contribution in [1.82, 2.24) is 19.8 Å². The lowest BCUT2D eigenvalue weighted by atomic mass is 9.96. The van der Waals surface area contributed by atoms with E-state index in [-0.39, 0.29) is 11.8 Å². The molecule has 1 aromatic carbocycles. The molecule has 1 fully saturated rings. The molecular weight excluding hydrogens is 292 g/mol. The number of hydrogen-bond acceptors (Lipinski definition) is 3. The van der Waals surface area contributed by atoms with Gasteiger partial charge >= 0.3 is 0 Å². The average molecular weight is 314 g/mol. The molecule has 1 aliphatic heterocycles. The van der Waals surface area contributed by atoms with Crippen molar-refractivity contribution in [3.63, 3.8) is 0 Å². The molecule has 0 radical (unpaired) electrons. The third-order valence-electron chi connectivity index (χ3n) is 4.60. The van der Waals surface area contributed by atoms with Crippen LogP contribution in [0.2, 0.25) is 0 Å². The summed E-state index contributed by atoms with van der Waals surface area (Å²) in [5.41, 5.74) is 2.48. The van der Waals surface area contributed by atoms with Crippen molar-refractivity contribution in [3.8, 4) is 0 Å². The Morgan fingerprint density at radius 3 is 2.74 bits per heavy atom. The van der Waals surface area contributed by atoms with E-state index in [4.69, 9.17) is 0 Å². The summed E-state index contributed by atoms with van der Waals surface area (Å²) in [5.74, 6) is 0.510. The van der Waals surface area contributed by atoms with Crippen LogP contribution >= 0.6 is 0 Å². The van der Waals surface area contributed by atoms with Crippen molar-refractivity contribution in [1.29, 1.82) is 0 Å². The molecule has 0 spiro atoms. The number of benzene rings is 1. The number of fused-ring (bicyclic) bond motifs is 1. The van der Waals surface area contributed by atoms with Crippen molar-refractivity contribution in [2.45, 2.75) is 19.8 Å². The third kappa shape index (κ3) is 3.36. The highest BCUT2D eigenvalue weighted by atomic mass is 16.2. The van der Waals surface area contributed by atoms with E-state index in [0.29, 0.717) is 18.0 Å². The maximum Gasteiger partial charge on any atom is 0.251 e. The first kappa shape index (κ1) is 15.5. The quantitative estimate of drug-likeness (QED) is 0.935. The number of aromatic nitrogens is 2. The molecule has 2 aromatic rings. The molecular formula is C17H22N4O2. The van der Waals surface area contributed by atoms with E-state index in [9.17, 15) is 9.59 Å². The molecule has 6 nitrogen and oxygen atoms in total. The van der Waals surface area contributed by atoms with Gasteiger partial charge in [0.25, 0.3) is 5.91 Å². The van der Waals surface area contributed by atoms with Crippen LogP contribution in [-0.2, 0) is 11.8 Å². The minimum Gasteiger partial charge on any atom is -0.352 e. The second-order valence-corrected chi connectivity index (χ2v) is 6.22. The molecule has 6 heteroatoms. The van der Waals surface area contributed by atoms with Crippen LogP contribution in [0.15, 0.2) is 24.5 Å². The summed E-state index contributed by atoms with van der Waals surface area (Å²) in [6.07, 6.45) is 3.63. The second kappa shape index (κ2) is 6.40. The predicted octanol–water partition coefficient (Wildman–Crippen LogP) is 1.56. The average Bonchev–Trinajstić information content (AvgIpc) is 2.93. The number of rotatable bonds is 3. The molecule has 1 N–H and O–H groups in total. The summed E-state index contributed by atoms with van der Waals surface area (Å²) in [6, 6.07) is 5.57. The van der Waals surface area contributed by atoms with E-state index >= 15 is 0 Å². The van der Waals surface area contributed by atoms with Gasteiger partial charge in [-0.15, -0.1) is 0 Å². The molecule has 1 aromatic heterocycles. The molecule has 0 unspecified atom stereocenters. The molecule has 2 heterocycles. The van der Waals surface area contributed by atoms with Crippen LogP contribution in [0.4, 0.5) is 0 Å². The number of nitrogens with one attached hydrogen (secondary N) is 1. The highest BCUT2D eigenvalue weighted by Gasteiger charge is 2.21. The van der Waals surface area contributed by atoms with E-state index in [1.54, 1.807) is 13.3 Å². The lowest BCUT2D eigenvalue weighted by Crippen LogP contribution is -2.40. The van der Waals surface area contributed by atoms with E-state index in [0.717, 1.165) is 37.0 Å². The summed E-state index contributed by atoms with van der Waals surface area (Å²) < 4.78 is 1.93. The van der Waals surface area contributed by atoms with Gasteiger partial charge in [-0.1, -0.05) is 0 Å². The zero-order chi connectivity index (χ0) is 16.4. The van der Waals surface area contributed by atoms with Crippen molar-refractivity contribution in [3.05, 3.63) is 30.1 Å². The Bertz CT molecular complexity index is 729. The number of piperidine rings is 1. The minimum atomic E-state index is -0.0634. The number of carbonyl (C=O) groups is 2. The summed E-state index contributed by atoms with van der Waals surface area (Å²) in [5, 5.41) is 3.01. The van der Waals surface area contributed by atoms with Gasteiger partial charge in [0.1, 0.15) is 0 Å². The second-order valence-electron chi connectivity index (χ2n) is 6.22. The van der Waals surface area contributed by atoms with Gasteiger partial charge in [0.2, 0.25) is 5.91 Å². The Labute approximate surface area is 135 Å². The SMILES string of the molecule is CC(=O)N1CCC(CNC(=O)c2ccc3c(c2)ncn3C)CC1. The van der Waals surface area contributed by atoms with Crippen LogP contribution < -0.4 is 5.32 Å². The summed E-state index contributed by atoms with van der Waals surface area (Å²) in [7, 11) is 1.93. The van der Waals surface area contributed by atoms with Gasteiger partial charge in [0, 0.05) is 39.2 Å². The standard InChI is InChI=1S/C17H22N4O2/c1-12(22)21-7-5-13(6-8-21)10-18-17(23)14-3-4-16-15(9-14)19-11-20(16)2/h3-4,9,11,13H,5-8,10H2,1-2H3,(H,18,23). The smallest absolute Gasteiger partial charge is 0.251 e. The first-order chi connectivity index (χ1) is 11.0. The molecule has 0 saturated carbocycles. The van der Waals surface area contributed by atoms with Crippen LogP contribution in [0.25, 0.3) is 11.0 Å². The van der Waals surface area contributed by atoms with Crippen molar-refractivity contribution in [2.24, 2.45) is 13.0 Å². The lowest BCUT2D eigenvalue weighted by Gasteiger charge is -2.31. The third-order valence-corrected chi connectivity index (χ3v) is 4.60. The maximum absolute atomic E-state index is 12.3. The highest BCUT2D eigenvalue weighted by Crippen LogP contribution is 2.17. The molecule has 2 amide bonds. The van der Waals surface area contributed by atoms with E-state index < -0.39 is 0 Å². The predicted molar refractivity (Wildman–Crippen MR) is 88.0 cm³/mol. The maximum atomic E-state index is 12.3. The molecule has 23 heavy (non-hydrogen) atoms. The Morgan fingerprint density at radius 2 is 2.04 bits per heavy atom. The number of carbonyl (C=O) groups excluding carboxylic acids is 2. The zero-order valence-corrected chi connectivity index (χ0v) is 13.6. The summed E-state index contributed by atoms with van der Waals surface area (Å²) in [6.45, 7) is 3.84. The number of nitrogens with zero attached hydrogens (tertiary/aromatic N) is 3. The number of amides is 2. The number of imidazole rings is 1. The minimum absolute atomic E-state index is 0.0634. The highest BCUT2D eigenvalue weighted by molar-refractivity contribution is 5.97. The Kier molecular flexibility index (Phi) is 4.32. The van der Waals surface area contributed by atoms with E-state index in [1.807, 2.05) is 34.7 Å². The van der Waals surface area contributed by atoms with Gasteiger partial charge in [0.05, 0.1) is 17.4 Å².